The fraction of sp³-hybridized carbons (Fsp3) is 0.367. The summed E-state index contributed by atoms with van der Waals surface area (Å²) in [6.07, 6.45) is 7.13. The van der Waals surface area contributed by atoms with E-state index < -0.39 is 5.82 Å². The highest BCUT2D eigenvalue weighted by Crippen LogP contribution is 2.26. The average Bonchev–Trinajstić information content (AvgIpc) is 3.76. The fourth-order valence-corrected chi connectivity index (χ4v) is 5.62. The highest BCUT2D eigenvalue weighted by molar-refractivity contribution is 6.30. The standard InChI is InChI=1S/C30H32ClFN8O3/c1-3-38-18-33-14-24(38)15-39-27-12-20(29(41)42-2)5-7-26(27)35-28(39)16-37-10-8-23(9-11-37)40-19-34-30(36-40)43-17-21-4-6-22(31)13-25(21)32/h4-7,12-14,18-19,23H,3,8-11,15-17H2,1-2H3. The van der Waals surface area contributed by atoms with Gasteiger partial charge in [0.15, 0.2) is 0 Å². The Morgan fingerprint density at radius 3 is 2.72 bits per heavy atom. The Bertz CT molecular complexity index is 1740. The summed E-state index contributed by atoms with van der Waals surface area (Å²) in [5.74, 6) is 0.119. The first-order chi connectivity index (χ1) is 20.9. The van der Waals surface area contributed by atoms with Gasteiger partial charge in [-0.2, -0.15) is 4.98 Å². The number of aromatic nitrogens is 7. The summed E-state index contributed by atoms with van der Waals surface area (Å²) in [5, 5.41) is 4.83. The third kappa shape index (κ3) is 6.25. The number of carbonyl (C=O) groups is 1. The van der Waals surface area contributed by atoms with Crippen molar-refractivity contribution in [3.05, 3.63) is 88.7 Å². The average molecular weight is 607 g/mol. The number of aryl methyl sites for hydroxylation is 1. The van der Waals surface area contributed by atoms with Crippen LogP contribution in [0, 0.1) is 5.82 Å². The van der Waals surface area contributed by atoms with E-state index in [4.69, 9.17) is 26.1 Å². The number of carbonyl (C=O) groups excluding carboxylic acids is 1. The Balaban J connectivity index is 1.13. The molecule has 0 aliphatic carbocycles. The molecule has 1 saturated heterocycles. The van der Waals surface area contributed by atoms with Crippen LogP contribution in [0.1, 0.15) is 53.2 Å². The number of rotatable bonds is 10. The number of halogens is 2. The summed E-state index contributed by atoms with van der Waals surface area (Å²) in [6, 6.07) is 10.3. The van der Waals surface area contributed by atoms with Crippen molar-refractivity contribution in [3.8, 4) is 6.01 Å². The van der Waals surface area contributed by atoms with Gasteiger partial charge in [-0.05, 0) is 50.1 Å². The number of esters is 1. The minimum atomic E-state index is -0.423. The molecule has 13 heteroatoms. The third-order valence-electron chi connectivity index (χ3n) is 7.86. The monoisotopic (exact) mass is 606 g/mol. The lowest BCUT2D eigenvalue weighted by atomic mass is 10.1. The summed E-state index contributed by atoms with van der Waals surface area (Å²) in [5.41, 5.74) is 3.65. The van der Waals surface area contributed by atoms with Crippen LogP contribution in [0.15, 0.2) is 55.2 Å². The molecule has 43 heavy (non-hydrogen) atoms. The van der Waals surface area contributed by atoms with Gasteiger partial charge in [0.25, 0.3) is 0 Å². The molecule has 224 valence electrons. The van der Waals surface area contributed by atoms with Gasteiger partial charge < -0.3 is 18.6 Å². The molecule has 0 amide bonds. The Morgan fingerprint density at radius 2 is 1.95 bits per heavy atom. The number of likely N-dealkylation sites (tertiary alicyclic amines) is 1. The van der Waals surface area contributed by atoms with Gasteiger partial charge >= 0.3 is 12.0 Å². The molecule has 1 aliphatic heterocycles. The molecule has 6 rings (SSSR count). The van der Waals surface area contributed by atoms with Gasteiger partial charge in [-0.15, -0.1) is 5.10 Å². The Labute approximate surface area is 252 Å². The highest BCUT2D eigenvalue weighted by atomic mass is 35.5. The van der Waals surface area contributed by atoms with E-state index in [0.717, 1.165) is 55.0 Å². The SMILES string of the molecule is CCn1cncc1Cn1c(CN2CCC(n3cnc(OCc4ccc(Cl)cc4F)n3)CC2)nc2ccc(C(=O)OC)cc21. The van der Waals surface area contributed by atoms with Gasteiger partial charge in [0.1, 0.15) is 24.6 Å². The maximum absolute atomic E-state index is 14.1. The van der Waals surface area contributed by atoms with Crippen molar-refractivity contribution in [3.63, 3.8) is 0 Å². The highest BCUT2D eigenvalue weighted by Gasteiger charge is 2.24. The molecular formula is C30H32ClFN8O3. The summed E-state index contributed by atoms with van der Waals surface area (Å²) in [4.78, 5) is 28.2. The Hall–Kier alpha value is -4.29. The van der Waals surface area contributed by atoms with Gasteiger partial charge in [0.2, 0.25) is 0 Å². The summed E-state index contributed by atoms with van der Waals surface area (Å²) >= 11 is 5.83. The number of benzene rings is 2. The number of hydrogen-bond donors (Lipinski definition) is 0. The smallest absolute Gasteiger partial charge is 0.337 e. The van der Waals surface area contributed by atoms with E-state index in [1.165, 1.54) is 13.2 Å². The van der Waals surface area contributed by atoms with Gasteiger partial charge in [0, 0.05) is 36.4 Å². The first-order valence-electron chi connectivity index (χ1n) is 14.2. The molecule has 11 nitrogen and oxygen atoms in total. The lowest BCUT2D eigenvalue weighted by Crippen LogP contribution is -2.35. The summed E-state index contributed by atoms with van der Waals surface area (Å²) < 4.78 is 30.8. The van der Waals surface area contributed by atoms with Gasteiger partial charge in [0.05, 0.1) is 54.9 Å². The number of nitrogens with zero attached hydrogens (tertiary/aromatic N) is 8. The van der Waals surface area contributed by atoms with Crippen molar-refractivity contribution >= 4 is 28.6 Å². The molecule has 4 heterocycles. The molecular weight excluding hydrogens is 575 g/mol. The van der Waals surface area contributed by atoms with Crippen LogP contribution in [0.4, 0.5) is 4.39 Å². The second kappa shape index (κ2) is 12.5. The van der Waals surface area contributed by atoms with Crippen molar-refractivity contribution in [2.24, 2.45) is 0 Å². The normalized spacial score (nSPS) is 14.4. The second-order valence-electron chi connectivity index (χ2n) is 10.5. The van der Waals surface area contributed by atoms with Crippen molar-refractivity contribution < 1.29 is 18.7 Å². The molecule has 5 aromatic rings. The van der Waals surface area contributed by atoms with Crippen LogP contribution in [0.3, 0.4) is 0 Å². The van der Waals surface area contributed by atoms with Crippen LogP contribution in [-0.4, -0.2) is 64.9 Å². The van der Waals surface area contributed by atoms with Crippen molar-refractivity contribution in [2.45, 2.75) is 52.0 Å². The molecule has 3 aromatic heterocycles. The van der Waals surface area contributed by atoms with Crippen LogP contribution in [0.2, 0.25) is 5.02 Å². The van der Waals surface area contributed by atoms with Gasteiger partial charge in [-0.3, -0.25) is 4.90 Å². The zero-order valence-corrected chi connectivity index (χ0v) is 24.7. The molecule has 0 radical (unpaired) electrons. The van der Waals surface area contributed by atoms with Crippen molar-refractivity contribution in [1.29, 1.82) is 0 Å². The predicted molar refractivity (Wildman–Crippen MR) is 157 cm³/mol. The largest absolute Gasteiger partial charge is 0.465 e. The minimum absolute atomic E-state index is 0.0205. The molecule has 0 unspecified atom stereocenters. The van der Waals surface area contributed by atoms with Crippen LogP contribution in [0.25, 0.3) is 11.0 Å². The topological polar surface area (TPSA) is 105 Å². The van der Waals surface area contributed by atoms with Crippen molar-refractivity contribution in [1.82, 2.24) is 38.8 Å². The number of piperidine rings is 1. The number of fused-ring (bicyclic) bond motifs is 1. The van der Waals surface area contributed by atoms with E-state index >= 15 is 0 Å². The lowest BCUT2D eigenvalue weighted by molar-refractivity contribution is 0.0601. The lowest BCUT2D eigenvalue weighted by Gasteiger charge is -2.31. The summed E-state index contributed by atoms with van der Waals surface area (Å²) in [6.45, 7) is 5.86. The van der Waals surface area contributed by atoms with E-state index in [0.29, 0.717) is 29.2 Å². The Kier molecular flexibility index (Phi) is 8.39. The van der Waals surface area contributed by atoms with E-state index in [9.17, 15) is 9.18 Å². The zero-order chi connectivity index (χ0) is 29.9. The third-order valence-corrected chi connectivity index (χ3v) is 8.10. The molecule has 1 aliphatic rings. The maximum atomic E-state index is 14.1. The first-order valence-corrected chi connectivity index (χ1v) is 14.6. The molecule has 0 N–H and O–H groups in total. The minimum Gasteiger partial charge on any atom is -0.465 e. The molecule has 0 atom stereocenters. The van der Waals surface area contributed by atoms with Gasteiger partial charge in [-0.1, -0.05) is 17.7 Å². The van der Waals surface area contributed by atoms with Crippen LogP contribution < -0.4 is 4.74 Å². The van der Waals surface area contributed by atoms with Gasteiger partial charge in [-0.25, -0.2) is 23.8 Å². The van der Waals surface area contributed by atoms with Crippen LogP contribution >= 0.6 is 11.6 Å². The molecule has 0 spiro atoms. The second-order valence-corrected chi connectivity index (χ2v) is 11.0. The number of imidazole rings is 2. The van der Waals surface area contributed by atoms with Crippen molar-refractivity contribution in [2.75, 3.05) is 20.2 Å². The molecule has 0 bridgehead atoms. The maximum Gasteiger partial charge on any atom is 0.337 e. The number of ether oxygens (including phenoxy) is 2. The van der Waals surface area contributed by atoms with Crippen LogP contribution in [0.5, 0.6) is 6.01 Å². The number of methoxy groups -OCH3 is 1. The van der Waals surface area contributed by atoms with E-state index in [1.807, 2.05) is 29.3 Å². The van der Waals surface area contributed by atoms with E-state index in [-0.39, 0.29) is 24.6 Å². The quantitative estimate of drug-likeness (QED) is 0.207. The van der Waals surface area contributed by atoms with E-state index in [2.05, 4.69) is 36.0 Å². The molecule has 0 saturated carbocycles. The van der Waals surface area contributed by atoms with Crippen LogP contribution in [-0.2, 0) is 31.0 Å². The fourth-order valence-electron chi connectivity index (χ4n) is 5.47. The number of hydrogen-bond acceptors (Lipinski definition) is 8. The summed E-state index contributed by atoms with van der Waals surface area (Å²) in [7, 11) is 1.38. The molecule has 2 aromatic carbocycles. The first kappa shape index (κ1) is 28.8. The van der Waals surface area contributed by atoms with E-state index in [1.54, 1.807) is 24.5 Å². The zero-order valence-electron chi connectivity index (χ0n) is 24.0. The predicted octanol–water partition coefficient (Wildman–Crippen LogP) is 4.89. The Morgan fingerprint density at radius 1 is 1.12 bits per heavy atom. The molecule has 1 fully saturated rings.